The molecule has 6 rings (SSSR count). The Labute approximate surface area is 178 Å². The van der Waals surface area contributed by atoms with Crippen molar-refractivity contribution in [1.29, 1.82) is 0 Å². The number of rotatable bonds is 5. The second-order valence-corrected chi connectivity index (χ2v) is 9.01. The van der Waals surface area contributed by atoms with Crippen molar-refractivity contribution in [2.24, 2.45) is 11.8 Å². The summed E-state index contributed by atoms with van der Waals surface area (Å²) in [6.45, 7) is 7.62. The zero-order chi connectivity index (χ0) is 20.7. The molecule has 4 aliphatic rings. The second kappa shape index (κ2) is 8.33. The number of fused-ring (bicyclic) bond motifs is 4. The van der Waals surface area contributed by atoms with Crippen LogP contribution in [-0.2, 0) is 4.74 Å². The standard InChI is InChI=1S/C24H33N3O3/c1-3-16-15-27-7-6-17(16)12-22(27)24(28)20-14-23(26-8-10-30-11-9-26)25-21-5-4-18(29-2)13-19(20)21/h4-5,13-14,16-17,22,24,28H,3,6-12,15H2,1-2H3/t16-,17+,22-,24+/m0/s1. The summed E-state index contributed by atoms with van der Waals surface area (Å²) in [6, 6.07) is 8.27. The van der Waals surface area contributed by atoms with Gasteiger partial charge in [-0.25, -0.2) is 4.98 Å². The van der Waals surface area contributed by atoms with Gasteiger partial charge in [-0.05, 0) is 61.1 Å². The molecule has 5 atom stereocenters. The van der Waals surface area contributed by atoms with Gasteiger partial charge >= 0.3 is 0 Å². The number of methoxy groups -OCH3 is 1. The lowest BCUT2D eigenvalue weighted by atomic mass is 9.72. The average molecular weight is 412 g/mol. The van der Waals surface area contributed by atoms with Gasteiger partial charge in [0.25, 0.3) is 0 Å². The monoisotopic (exact) mass is 411 g/mol. The van der Waals surface area contributed by atoms with Crippen molar-refractivity contribution in [3.63, 3.8) is 0 Å². The minimum atomic E-state index is -0.525. The quantitative estimate of drug-likeness (QED) is 0.815. The summed E-state index contributed by atoms with van der Waals surface area (Å²) < 4.78 is 11.0. The van der Waals surface area contributed by atoms with Crippen LogP contribution in [-0.4, -0.2) is 67.5 Å². The lowest BCUT2D eigenvalue weighted by molar-refractivity contribution is -0.0562. The molecular weight excluding hydrogens is 378 g/mol. The van der Waals surface area contributed by atoms with E-state index in [9.17, 15) is 5.11 Å². The average Bonchev–Trinajstić information content (AvgIpc) is 2.83. The summed E-state index contributed by atoms with van der Waals surface area (Å²) in [4.78, 5) is 9.72. The third kappa shape index (κ3) is 3.55. The predicted octanol–water partition coefficient (Wildman–Crippen LogP) is 3.23. The van der Waals surface area contributed by atoms with Crippen LogP contribution in [0.5, 0.6) is 5.75 Å². The molecule has 1 aromatic carbocycles. The number of ether oxygens (including phenoxy) is 2. The minimum Gasteiger partial charge on any atom is -0.497 e. The molecule has 6 nitrogen and oxygen atoms in total. The van der Waals surface area contributed by atoms with Crippen LogP contribution in [0.2, 0.25) is 0 Å². The molecular formula is C24H33N3O3. The number of aromatic nitrogens is 1. The maximum absolute atomic E-state index is 11.7. The Morgan fingerprint density at radius 1 is 1.23 bits per heavy atom. The predicted molar refractivity (Wildman–Crippen MR) is 118 cm³/mol. The molecule has 1 N–H and O–H groups in total. The summed E-state index contributed by atoms with van der Waals surface area (Å²) in [7, 11) is 1.68. The van der Waals surface area contributed by atoms with Gasteiger partial charge in [0.1, 0.15) is 11.6 Å². The van der Waals surface area contributed by atoms with Gasteiger partial charge < -0.3 is 19.5 Å². The van der Waals surface area contributed by atoms with Crippen molar-refractivity contribution in [2.45, 2.75) is 38.3 Å². The Bertz CT molecular complexity index is 899. The number of aliphatic hydroxyl groups is 1. The van der Waals surface area contributed by atoms with Crippen LogP contribution < -0.4 is 9.64 Å². The molecule has 0 amide bonds. The van der Waals surface area contributed by atoms with Crippen molar-refractivity contribution < 1.29 is 14.6 Å². The number of hydrogen-bond donors (Lipinski definition) is 1. The zero-order valence-electron chi connectivity index (χ0n) is 18.1. The highest BCUT2D eigenvalue weighted by Crippen LogP contribution is 2.43. The molecule has 2 bridgehead atoms. The number of pyridine rings is 1. The van der Waals surface area contributed by atoms with Gasteiger partial charge in [0, 0.05) is 31.1 Å². The van der Waals surface area contributed by atoms with E-state index in [1.165, 1.54) is 12.8 Å². The lowest BCUT2D eigenvalue weighted by Crippen LogP contribution is -2.55. The van der Waals surface area contributed by atoms with Gasteiger partial charge in [0.15, 0.2) is 0 Å². The van der Waals surface area contributed by atoms with Crippen LogP contribution in [0.3, 0.4) is 0 Å². The first-order valence-corrected chi connectivity index (χ1v) is 11.4. The highest BCUT2D eigenvalue weighted by atomic mass is 16.5. The molecule has 0 radical (unpaired) electrons. The van der Waals surface area contributed by atoms with Crippen LogP contribution >= 0.6 is 0 Å². The molecule has 4 saturated heterocycles. The normalized spacial score (nSPS) is 29.9. The molecule has 5 heterocycles. The molecule has 2 aromatic rings. The van der Waals surface area contributed by atoms with Crippen LogP contribution in [0, 0.1) is 11.8 Å². The molecule has 1 unspecified atom stereocenters. The molecule has 4 aliphatic heterocycles. The number of hydrogen-bond acceptors (Lipinski definition) is 6. The van der Waals surface area contributed by atoms with Crippen molar-refractivity contribution in [3.05, 3.63) is 29.8 Å². The SMILES string of the molecule is CC[C@H]1CN2CC[C@@H]1C[C@H]2[C@H](O)c1cc(N2CCOCC2)nc2ccc(OC)cc12. The van der Waals surface area contributed by atoms with Crippen molar-refractivity contribution in [2.75, 3.05) is 51.4 Å². The van der Waals surface area contributed by atoms with Crippen molar-refractivity contribution in [1.82, 2.24) is 9.88 Å². The van der Waals surface area contributed by atoms with Crippen molar-refractivity contribution >= 4 is 16.7 Å². The molecule has 4 fully saturated rings. The highest BCUT2D eigenvalue weighted by Gasteiger charge is 2.42. The van der Waals surface area contributed by atoms with Gasteiger partial charge in [0.05, 0.1) is 31.9 Å². The number of benzene rings is 1. The van der Waals surface area contributed by atoms with Gasteiger partial charge in [-0.3, -0.25) is 4.90 Å². The van der Waals surface area contributed by atoms with E-state index in [1.807, 2.05) is 18.2 Å². The van der Waals surface area contributed by atoms with Crippen LogP contribution in [0.4, 0.5) is 5.82 Å². The van der Waals surface area contributed by atoms with E-state index < -0.39 is 6.10 Å². The maximum Gasteiger partial charge on any atom is 0.129 e. The topological polar surface area (TPSA) is 58.1 Å². The highest BCUT2D eigenvalue weighted by molar-refractivity contribution is 5.86. The largest absolute Gasteiger partial charge is 0.497 e. The van der Waals surface area contributed by atoms with Gasteiger partial charge in [0.2, 0.25) is 0 Å². The maximum atomic E-state index is 11.7. The van der Waals surface area contributed by atoms with Crippen LogP contribution in [0.15, 0.2) is 24.3 Å². The number of anilines is 1. The number of piperidine rings is 3. The summed E-state index contributed by atoms with van der Waals surface area (Å²) in [5.74, 6) is 3.25. The Kier molecular flexibility index (Phi) is 5.56. The Balaban J connectivity index is 1.54. The summed E-state index contributed by atoms with van der Waals surface area (Å²) in [6.07, 6.45) is 3.06. The van der Waals surface area contributed by atoms with E-state index in [2.05, 4.69) is 22.8 Å². The molecule has 1 aromatic heterocycles. The smallest absolute Gasteiger partial charge is 0.129 e. The molecule has 0 aliphatic carbocycles. The molecule has 0 saturated carbocycles. The Morgan fingerprint density at radius 2 is 2.07 bits per heavy atom. The summed E-state index contributed by atoms with van der Waals surface area (Å²) in [5.41, 5.74) is 1.89. The summed E-state index contributed by atoms with van der Waals surface area (Å²) in [5, 5.41) is 12.7. The first-order chi connectivity index (χ1) is 14.7. The fourth-order valence-corrected chi connectivity index (χ4v) is 5.72. The Morgan fingerprint density at radius 3 is 2.77 bits per heavy atom. The van der Waals surface area contributed by atoms with E-state index in [0.717, 1.165) is 85.7 Å². The number of morpholine rings is 1. The van der Waals surface area contributed by atoms with Crippen molar-refractivity contribution in [3.8, 4) is 5.75 Å². The fourth-order valence-electron chi connectivity index (χ4n) is 5.72. The fraction of sp³-hybridized carbons (Fsp3) is 0.625. The molecule has 162 valence electrons. The first-order valence-electron chi connectivity index (χ1n) is 11.4. The number of nitrogens with zero attached hydrogens (tertiary/aromatic N) is 3. The Hall–Kier alpha value is -1.89. The van der Waals surface area contributed by atoms with Gasteiger partial charge in [-0.15, -0.1) is 0 Å². The second-order valence-electron chi connectivity index (χ2n) is 9.01. The van der Waals surface area contributed by atoms with E-state index in [4.69, 9.17) is 14.5 Å². The first kappa shape index (κ1) is 20.0. The van der Waals surface area contributed by atoms with E-state index in [0.29, 0.717) is 0 Å². The minimum absolute atomic E-state index is 0.181. The third-order valence-electron chi connectivity index (χ3n) is 7.51. The zero-order valence-corrected chi connectivity index (χ0v) is 18.1. The lowest BCUT2D eigenvalue weighted by Gasteiger charge is -2.51. The third-order valence-corrected chi connectivity index (χ3v) is 7.51. The van der Waals surface area contributed by atoms with Crippen LogP contribution in [0.1, 0.15) is 37.9 Å². The van der Waals surface area contributed by atoms with E-state index >= 15 is 0 Å². The van der Waals surface area contributed by atoms with E-state index in [-0.39, 0.29) is 6.04 Å². The molecule has 0 spiro atoms. The number of aliphatic hydroxyl groups excluding tert-OH is 1. The molecule has 6 heteroatoms. The van der Waals surface area contributed by atoms with Crippen LogP contribution in [0.25, 0.3) is 10.9 Å². The molecule has 30 heavy (non-hydrogen) atoms. The van der Waals surface area contributed by atoms with Gasteiger partial charge in [-0.2, -0.15) is 0 Å². The van der Waals surface area contributed by atoms with Gasteiger partial charge in [-0.1, -0.05) is 13.3 Å². The van der Waals surface area contributed by atoms with E-state index in [1.54, 1.807) is 7.11 Å². The summed E-state index contributed by atoms with van der Waals surface area (Å²) >= 11 is 0.